The van der Waals surface area contributed by atoms with Gasteiger partial charge in [0.05, 0.1) is 66.9 Å². The minimum atomic E-state index is -1.39. The van der Waals surface area contributed by atoms with Gasteiger partial charge in [-0.2, -0.15) is 0 Å². The predicted octanol–water partition coefficient (Wildman–Crippen LogP) is 5.14. The van der Waals surface area contributed by atoms with Crippen molar-refractivity contribution in [3.63, 3.8) is 0 Å². The molecule has 330 valence electrons. The molecule has 0 saturated carbocycles. The lowest BCUT2D eigenvalue weighted by molar-refractivity contribution is -0.302. The highest BCUT2D eigenvalue weighted by Gasteiger charge is 2.61. The Bertz CT molecular complexity index is 1920. The number of fused-ring (bicyclic) bond motifs is 6. The Morgan fingerprint density at radius 1 is 1.03 bits per heavy atom. The van der Waals surface area contributed by atoms with Crippen molar-refractivity contribution in [2.75, 3.05) is 33.9 Å². The molecular weight excluding hydrogens is 773 g/mol. The van der Waals surface area contributed by atoms with Crippen LogP contribution in [0.1, 0.15) is 80.2 Å². The Morgan fingerprint density at radius 3 is 2.52 bits per heavy atom. The average molecular weight is 837 g/mol. The van der Waals surface area contributed by atoms with E-state index in [0.717, 1.165) is 16.5 Å². The lowest BCUT2D eigenvalue weighted by Gasteiger charge is -2.48. The van der Waals surface area contributed by atoms with Crippen molar-refractivity contribution in [2.24, 2.45) is 34.7 Å². The van der Waals surface area contributed by atoms with Gasteiger partial charge < -0.3 is 43.3 Å². The van der Waals surface area contributed by atoms with Gasteiger partial charge >= 0.3 is 12.1 Å². The Labute approximate surface area is 353 Å². The number of likely N-dealkylation sites (N-methyl/N-ethyl adjacent to an activating group) is 1. The largest absolute Gasteiger partial charge is 0.458 e. The number of esters is 1. The van der Waals surface area contributed by atoms with E-state index < -0.39 is 89.6 Å². The number of amides is 1. The molecule has 1 aromatic heterocycles. The zero-order valence-electron chi connectivity index (χ0n) is 36.7. The number of Topliss-reactive ketones (excluding diaryl/α,β-unsaturated/α-hetero) is 1. The van der Waals surface area contributed by atoms with Gasteiger partial charge in [0, 0.05) is 46.9 Å². The van der Waals surface area contributed by atoms with E-state index in [9.17, 15) is 19.5 Å². The molecule has 6 heterocycles. The first-order valence-electron chi connectivity index (χ1n) is 21.6. The SMILES string of the molecule is CC[C@H]1OC(=O)[C@H](C)[C@H]2OCC3COC(C)(C[C@@H](C)C(=O)[C@H](C)[C@@H]4N(C/C3=N/OCc3ccnc5ccccc35)C(=O)OC41C)[C@H](O[C@@H]1O[C@H](C)C[C@H](N(C)C)[C@H]1O)[C@H]2C. The molecule has 60 heavy (non-hydrogen) atoms. The fraction of sp³-hybridized carbons (Fsp3) is 0.711. The third-order valence-electron chi connectivity index (χ3n) is 13.9. The third kappa shape index (κ3) is 8.29. The van der Waals surface area contributed by atoms with E-state index in [1.165, 1.54) is 0 Å². The van der Waals surface area contributed by atoms with Crippen molar-refractivity contribution in [3.05, 3.63) is 42.1 Å². The van der Waals surface area contributed by atoms with Gasteiger partial charge in [-0.25, -0.2) is 4.79 Å². The van der Waals surface area contributed by atoms with E-state index in [2.05, 4.69) is 4.98 Å². The molecule has 5 saturated heterocycles. The number of rotatable bonds is 7. The van der Waals surface area contributed by atoms with Crippen LogP contribution in [0, 0.1) is 29.6 Å². The van der Waals surface area contributed by atoms with Gasteiger partial charge in [-0.3, -0.25) is 19.5 Å². The summed E-state index contributed by atoms with van der Waals surface area (Å²) in [5, 5.41) is 17.4. The number of ketones is 1. The Kier molecular flexibility index (Phi) is 13.0. The molecule has 15 atom stereocenters. The van der Waals surface area contributed by atoms with E-state index >= 15 is 0 Å². The van der Waals surface area contributed by atoms with E-state index in [4.69, 9.17) is 38.4 Å². The summed E-state index contributed by atoms with van der Waals surface area (Å²) in [7, 11) is 3.83. The van der Waals surface area contributed by atoms with Crippen LogP contribution < -0.4 is 0 Å². The molecule has 5 aliphatic heterocycles. The summed E-state index contributed by atoms with van der Waals surface area (Å²) in [6.45, 7) is 15.1. The number of hydrogen-bond donors (Lipinski definition) is 1. The second kappa shape index (κ2) is 17.6. The van der Waals surface area contributed by atoms with Gasteiger partial charge in [0.1, 0.15) is 24.6 Å². The second-order valence-electron chi connectivity index (χ2n) is 18.5. The van der Waals surface area contributed by atoms with Gasteiger partial charge in [-0.15, -0.1) is 0 Å². The molecule has 15 nitrogen and oxygen atoms in total. The number of aliphatic hydroxyl groups is 1. The topological polar surface area (TPSA) is 168 Å². The minimum absolute atomic E-state index is 0.0404. The fourth-order valence-corrected chi connectivity index (χ4v) is 10.7. The van der Waals surface area contributed by atoms with Crippen LogP contribution in [0.4, 0.5) is 4.79 Å². The fourth-order valence-electron chi connectivity index (χ4n) is 10.7. The number of nitrogens with zero attached hydrogens (tertiary/aromatic N) is 4. The summed E-state index contributed by atoms with van der Waals surface area (Å²) in [4.78, 5) is 57.7. The maximum Gasteiger partial charge on any atom is 0.411 e. The lowest BCUT2D eigenvalue weighted by atomic mass is 9.73. The van der Waals surface area contributed by atoms with Crippen LogP contribution in [0.3, 0.4) is 0 Å². The number of oxime groups is 1. The highest BCUT2D eigenvalue weighted by molar-refractivity contribution is 5.92. The molecule has 5 aliphatic rings. The summed E-state index contributed by atoms with van der Waals surface area (Å²) < 4.78 is 39.9. The molecule has 15 heteroatoms. The van der Waals surface area contributed by atoms with Crippen LogP contribution in [-0.2, 0) is 49.5 Å². The molecule has 0 radical (unpaired) electrons. The Morgan fingerprint density at radius 2 is 1.78 bits per heavy atom. The molecular formula is C45H64N4O11. The smallest absolute Gasteiger partial charge is 0.411 e. The van der Waals surface area contributed by atoms with E-state index in [-0.39, 0.29) is 50.7 Å². The van der Waals surface area contributed by atoms with E-state index in [1.54, 1.807) is 24.9 Å². The summed E-state index contributed by atoms with van der Waals surface area (Å²) in [5.41, 5.74) is -0.443. The summed E-state index contributed by atoms with van der Waals surface area (Å²) >= 11 is 0. The zero-order valence-corrected chi connectivity index (χ0v) is 36.7. The maximum absolute atomic E-state index is 14.9. The van der Waals surface area contributed by atoms with Crippen LogP contribution in [0.15, 0.2) is 41.7 Å². The number of para-hydroxylation sites is 1. The number of carbonyl (C=O) groups is 3. The quantitative estimate of drug-likeness (QED) is 0.288. The summed E-state index contributed by atoms with van der Waals surface area (Å²) in [5.74, 6) is -3.98. The number of aromatic nitrogens is 1. The monoisotopic (exact) mass is 836 g/mol. The molecule has 1 aromatic carbocycles. The van der Waals surface area contributed by atoms with Crippen LogP contribution >= 0.6 is 0 Å². The van der Waals surface area contributed by atoms with Gasteiger partial charge in [0.25, 0.3) is 0 Å². The Hall–Kier alpha value is -3.73. The van der Waals surface area contributed by atoms with Crippen molar-refractivity contribution < 1.29 is 52.7 Å². The van der Waals surface area contributed by atoms with Crippen molar-refractivity contribution in [1.29, 1.82) is 0 Å². The highest BCUT2D eigenvalue weighted by atomic mass is 16.7. The van der Waals surface area contributed by atoms with Crippen molar-refractivity contribution >= 4 is 34.5 Å². The van der Waals surface area contributed by atoms with Crippen molar-refractivity contribution in [2.45, 2.75) is 141 Å². The van der Waals surface area contributed by atoms with Gasteiger partial charge in [-0.1, -0.05) is 51.0 Å². The average Bonchev–Trinajstić information content (AvgIpc) is 3.49. The first kappa shape index (κ1) is 44.3. The first-order chi connectivity index (χ1) is 28.5. The molecule has 2 aromatic rings. The zero-order chi connectivity index (χ0) is 43.3. The van der Waals surface area contributed by atoms with Crippen molar-refractivity contribution in [3.8, 4) is 0 Å². The van der Waals surface area contributed by atoms with Crippen LogP contribution in [-0.4, -0.2) is 137 Å². The van der Waals surface area contributed by atoms with Crippen LogP contribution in [0.25, 0.3) is 10.9 Å². The highest BCUT2D eigenvalue weighted by Crippen LogP contribution is 2.45. The standard InChI is InChI=1S/C45H64N4O11/c1-11-35-45(8)39-26(4)36(50)24(2)19-44(7)40(59-42-37(51)34(48(9)10)18-25(3)57-42)27(5)38(28(6)41(52)58-35)54-21-30(22-55-44)33(20-49(39)43(53)60-45)47-56-23-29-16-17-46-32-15-13-12-14-31(29)32/h12-17,24-28,30,34-35,37-40,42,51H,11,18-23H2,1-10H3/b47-33-/t24-,25-,26+,27+,28-,30?,34+,35-,37-,38+,39+,40-,42+,44?,45?/m1/s1. The summed E-state index contributed by atoms with van der Waals surface area (Å²) in [6, 6.07) is 8.58. The number of pyridine rings is 1. The molecule has 1 amide bonds. The molecule has 0 aliphatic carbocycles. The molecule has 0 spiro atoms. The van der Waals surface area contributed by atoms with Crippen LogP contribution in [0.5, 0.6) is 0 Å². The number of aliphatic hydroxyl groups excluding tert-OH is 1. The third-order valence-corrected chi connectivity index (χ3v) is 13.9. The lowest BCUT2D eigenvalue weighted by Crippen LogP contribution is -2.61. The molecule has 3 unspecified atom stereocenters. The molecule has 1 N–H and O–H groups in total. The molecule has 6 bridgehead atoms. The van der Waals surface area contributed by atoms with E-state index in [1.807, 2.05) is 90.9 Å². The predicted molar refractivity (Wildman–Crippen MR) is 221 cm³/mol. The van der Waals surface area contributed by atoms with Gasteiger partial charge in [-0.05, 0) is 73.2 Å². The number of benzene rings is 1. The summed E-state index contributed by atoms with van der Waals surface area (Å²) in [6.07, 6.45) is -2.61. The first-order valence-corrected chi connectivity index (χ1v) is 21.6. The normalized spacial score (nSPS) is 41.1. The number of ether oxygens (including phenoxy) is 6. The number of carbonyl (C=O) groups excluding carboxylic acids is 3. The number of cyclic esters (lactones) is 1. The van der Waals surface area contributed by atoms with Gasteiger partial charge in [0.15, 0.2) is 11.9 Å². The van der Waals surface area contributed by atoms with E-state index in [0.29, 0.717) is 18.6 Å². The molecule has 7 rings (SSSR count). The number of hydrogen-bond acceptors (Lipinski definition) is 14. The van der Waals surface area contributed by atoms with Crippen molar-refractivity contribution in [1.82, 2.24) is 14.8 Å². The second-order valence-corrected chi connectivity index (χ2v) is 18.5. The molecule has 5 fully saturated rings. The van der Waals surface area contributed by atoms with Gasteiger partial charge in [0.2, 0.25) is 0 Å². The van der Waals surface area contributed by atoms with Crippen LogP contribution in [0.2, 0.25) is 0 Å². The maximum atomic E-state index is 14.9. The Balaban J connectivity index is 1.38. The minimum Gasteiger partial charge on any atom is -0.458 e.